The molecule has 4 rings (SSSR count). The minimum Gasteiger partial charge on any atom is -0.295 e. The van der Waals surface area contributed by atoms with Crippen LogP contribution in [0.25, 0.3) is 11.1 Å². The lowest BCUT2D eigenvalue weighted by atomic mass is 9.42. The Morgan fingerprint density at radius 3 is 2.06 bits per heavy atom. The van der Waals surface area contributed by atoms with Crippen LogP contribution in [-0.2, 0) is 16.0 Å². The Morgan fingerprint density at radius 1 is 0.943 bits per heavy atom. The number of hydrogen-bond donors (Lipinski definition) is 0. The van der Waals surface area contributed by atoms with Crippen molar-refractivity contribution < 1.29 is 14.4 Å². The molecule has 0 N–H and O–H groups in total. The van der Waals surface area contributed by atoms with Gasteiger partial charge in [-0.15, -0.1) is 0 Å². The molecule has 0 heterocycles. The fourth-order valence-corrected chi connectivity index (χ4v) is 7.97. The number of allylic oxidation sites excluding steroid dienone is 6. The van der Waals surface area contributed by atoms with E-state index in [1.807, 2.05) is 33.8 Å². The highest BCUT2D eigenvalue weighted by Gasteiger charge is 2.62. The second kappa shape index (κ2) is 7.59. The van der Waals surface area contributed by atoms with Crippen molar-refractivity contribution in [1.82, 2.24) is 0 Å². The summed E-state index contributed by atoms with van der Waals surface area (Å²) in [7, 11) is 0. The van der Waals surface area contributed by atoms with Crippen molar-refractivity contribution in [2.45, 2.75) is 81.6 Å². The molecule has 3 atom stereocenters. The van der Waals surface area contributed by atoms with E-state index in [4.69, 9.17) is 0 Å². The lowest BCUT2D eigenvalue weighted by molar-refractivity contribution is -0.134. The molecule has 0 bridgehead atoms. The first-order valence-corrected chi connectivity index (χ1v) is 12.5. The molecule has 0 amide bonds. The lowest BCUT2D eigenvalue weighted by Crippen LogP contribution is -2.56. The number of ketones is 3. The topological polar surface area (TPSA) is 51.2 Å². The van der Waals surface area contributed by atoms with Gasteiger partial charge in [0.1, 0.15) is 0 Å². The quantitative estimate of drug-likeness (QED) is 0.341. The molecule has 0 aromatic heterocycles. The van der Waals surface area contributed by atoms with Gasteiger partial charge in [-0.25, -0.2) is 0 Å². The van der Waals surface area contributed by atoms with Crippen LogP contribution in [0.2, 0.25) is 0 Å². The molecule has 3 nitrogen and oxygen atoms in total. The summed E-state index contributed by atoms with van der Waals surface area (Å²) in [5, 5.41) is 0. The van der Waals surface area contributed by atoms with Gasteiger partial charge < -0.3 is 0 Å². The molecule has 3 heteroatoms. The molecule has 3 aliphatic carbocycles. The zero-order valence-electron chi connectivity index (χ0n) is 22.8. The van der Waals surface area contributed by atoms with Gasteiger partial charge in [0.05, 0.1) is 11.0 Å². The van der Waals surface area contributed by atoms with E-state index in [9.17, 15) is 14.4 Å². The molecule has 3 aliphatic rings. The van der Waals surface area contributed by atoms with Crippen LogP contribution in [0.5, 0.6) is 0 Å². The van der Waals surface area contributed by atoms with Crippen LogP contribution in [-0.4, -0.2) is 17.3 Å². The van der Waals surface area contributed by atoms with E-state index in [1.165, 1.54) is 12.5 Å². The molecule has 0 unspecified atom stereocenters. The Morgan fingerprint density at radius 2 is 1.54 bits per heavy atom. The molecular weight excluding hydrogens is 432 g/mol. The van der Waals surface area contributed by atoms with E-state index in [-0.39, 0.29) is 28.2 Å². The summed E-state index contributed by atoms with van der Waals surface area (Å²) in [6.45, 7) is 26.5. The minimum absolute atomic E-state index is 0.0250. The molecule has 1 aromatic carbocycles. The number of fused-ring (bicyclic) bond motifs is 3. The van der Waals surface area contributed by atoms with E-state index in [0.29, 0.717) is 11.1 Å². The first-order chi connectivity index (χ1) is 16.0. The summed E-state index contributed by atoms with van der Waals surface area (Å²) < 4.78 is 0. The average Bonchev–Trinajstić information content (AvgIpc) is 2.69. The molecule has 0 saturated heterocycles. The van der Waals surface area contributed by atoms with Crippen LogP contribution in [0.15, 0.2) is 41.5 Å². The number of rotatable bonds is 3. The van der Waals surface area contributed by atoms with Crippen LogP contribution in [0, 0.1) is 23.2 Å². The van der Waals surface area contributed by atoms with Crippen molar-refractivity contribution in [1.29, 1.82) is 0 Å². The van der Waals surface area contributed by atoms with Gasteiger partial charge in [0, 0.05) is 5.56 Å². The van der Waals surface area contributed by atoms with E-state index >= 15 is 0 Å². The average molecular weight is 471 g/mol. The summed E-state index contributed by atoms with van der Waals surface area (Å²) in [4.78, 5) is 39.1. The van der Waals surface area contributed by atoms with Crippen LogP contribution in [0.3, 0.4) is 0 Å². The summed E-state index contributed by atoms with van der Waals surface area (Å²) in [6.07, 6.45) is 2.34. The number of Topliss-reactive ketones (excluding diaryl/α,β-unsaturated/α-hetero) is 3. The molecular formula is C32H38O3. The molecule has 0 saturated carbocycles. The molecule has 0 spiro atoms. The summed E-state index contributed by atoms with van der Waals surface area (Å²) in [5.74, 6) is -0.182. The number of benzene rings is 1. The monoisotopic (exact) mass is 470 g/mol. The molecule has 0 fully saturated rings. The molecule has 0 radical (unpaired) electrons. The maximum atomic E-state index is 14.0. The summed E-state index contributed by atoms with van der Waals surface area (Å²) in [5.41, 5.74) is 8.84. The van der Waals surface area contributed by atoms with Crippen molar-refractivity contribution in [3.05, 3.63) is 69.3 Å². The van der Waals surface area contributed by atoms with Crippen LogP contribution >= 0.6 is 0 Å². The van der Waals surface area contributed by atoms with Crippen LogP contribution in [0.4, 0.5) is 0 Å². The summed E-state index contributed by atoms with van der Waals surface area (Å²) in [6, 6.07) is 2.00. The van der Waals surface area contributed by atoms with Gasteiger partial charge in [-0.2, -0.15) is 0 Å². The number of carbonyl (C=O) groups excluding carboxylic acids is 3. The second-order valence-corrected chi connectivity index (χ2v) is 12.1. The fourth-order valence-electron chi connectivity index (χ4n) is 7.97. The van der Waals surface area contributed by atoms with Gasteiger partial charge in [-0.3, -0.25) is 14.4 Å². The van der Waals surface area contributed by atoms with E-state index in [1.54, 1.807) is 6.92 Å². The zero-order chi connectivity index (χ0) is 26.4. The Balaban J connectivity index is 2.07. The maximum absolute atomic E-state index is 14.0. The standard InChI is InChI=1S/C32H38O3/c1-16(2)23-12-24(21(7)33)18(4)27-19(5)28-20(6)32(11)29(35)26(22(8)34)17(3)13-31(32,10)15-30(28,9)14-25(23)27/h12H,1,5,13-15H2,2-4,6-11H3/t30-,31+,32+/m1/s1. The van der Waals surface area contributed by atoms with Gasteiger partial charge >= 0.3 is 0 Å². The van der Waals surface area contributed by atoms with Crippen molar-refractivity contribution >= 4 is 28.5 Å². The highest BCUT2D eigenvalue weighted by molar-refractivity contribution is 6.23. The highest BCUT2D eigenvalue weighted by Crippen LogP contribution is 2.68. The van der Waals surface area contributed by atoms with Crippen molar-refractivity contribution in [2.75, 3.05) is 0 Å². The van der Waals surface area contributed by atoms with E-state index < -0.39 is 5.41 Å². The van der Waals surface area contributed by atoms with E-state index in [0.717, 1.165) is 63.8 Å². The largest absolute Gasteiger partial charge is 0.295 e. The van der Waals surface area contributed by atoms with Gasteiger partial charge in [0.15, 0.2) is 17.3 Å². The van der Waals surface area contributed by atoms with Gasteiger partial charge in [-0.05, 0) is 118 Å². The third-order valence-electron chi connectivity index (χ3n) is 9.54. The SMILES string of the molecule is C=C(C)c1cc(C(C)=O)c(C)c2c1C[C@]1(C)C[C@]3(C)CC(C)=C(C(C)=O)C(=O)[C@]3(C)C(C)=C1C2=C. The highest BCUT2D eigenvalue weighted by atomic mass is 16.2. The Hall–Kier alpha value is -2.81. The van der Waals surface area contributed by atoms with Crippen molar-refractivity contribution in [3.63, 3.8) is 0 Å². The normalized spacial score (nSPS) is 30.1. The smallest absolute Gasteiger partial charge is 0.176 e. The predicted molar refractivity (Wildman–Crippen MR) is 143 cm³/mol. The lowest BCUT2D eigenvalue weighted by Gasteiger charge is -2.60. The third-order valence-corrected chi connectivity index (χ3v) is 9.54. The first kappa shape index (κ1) is 25.3. The molecule has 0 aliphatic heterocycles. The molecule has 35 heavy (non-hydrogen) atoms. The predicted octanol–water partition coefficient (Wildman–Crippen LogP) is 7.42. The Kier molecular flexibility index (Phi) is 5.49. The number of hydrogen-bond acceptors (Lipinski definition) is 3. The molecule has 1 aromatic rings. The second-order valence-electron chi connectivity index (χ2n) is 12.1. The van der Waals surface area contributed by atoms with E-state index in [2.05, 4.69) is 33.9 Å². The molecule has 184 valence electrons. The fraction of sp³-hybridized carbons (Fsp3) is 0.469. The third kappa shape index (κ3) is 3.13. The zero-order valence-corrected chi connectivity index (χ0v) is 22.8. The Bertz CT molecular complexity index is 1350. The van der Waals surface area contributed by atoms with Crippen LogP contribution < -0.4 is 0 Å². The summed E-state index contributed by atoms with van der Waals surface area (Å²) >= 11 is 0. The number of carbonyl (C=O) groups is 3. The van der Waals surface area contributed by atoms with Gasteiger partial charge in [0.2, 0.25) is 0 Å². The van der Waals surface area contributed by atoms with Gasteiger partial charge in [-0.1, -0.05) is 43.7 Å². The minimum atomic E-state index is -0.786. The first-order valence-electron chi connectivity index (χ1n) is 12.5. The van der Waals surface area contributed by atoms with Crippen molar-refractivity contribution in [2.24, 2.45) is 16.2 Å². The van der Waals surface area contributed by atoms with Crippen molar-refractivity contribution in [3.8, 4) is 0 Å². The van der Waals surface area contributed by atoms with Crippen LogP contribution in [0.1, 0.15) is 101 Å². The van der Waals surface area contributed by atoms with Gasteiger partial charge in [0.25, 0.3) is 0 Å². The maximum Gasteiger partial charge on any atom is 0.176 e. The Labute approximate surface area is 210 Å².